The molecular formula is C17H23N3O2. The van der Waals surface area contributed by atoms with Gasteiger partial charge in [0.1, 0.15) is 0 Å². The fraction of sp³-hybridized carbons (Fsp3) is 0.471. The van der Waals surface area contributed by atoms with Crippen LogP contribution >= 0.6 is 0 Å². The van der Waals surface area contributed by atoms with E-state index < -0.39 is 11.9 Å². The van der Waals surface area contributed by atoms with Gasteiger partial charge in [-0.2, -0.15) is 5.26 Å². The topological polar surface area (TPSA) is 65.7 Å². The highest BCUT2D eigenvalue weighted by Crippen LogP contribution is 2.07. The molecule has 0 N–H and O–H groups in total. The van der Waals surface area contributed by atoms with E-state index in [0.717, 1.165) is 6.42 Å². The quantitative estimate of drug-likeness (QED) is 0.543. The van der Waals surface area contributed by atoms with E-state index in [1.54, 1.807) is 6.92 Å². The highest BCUT2D eigenvalue weighted by molar-refractivity contribution is 5.92. The second kappa shape index (κ2) is 9.69. The lowest BCUT2D eigenvalue weighted by molar-refractivity contribution is -0.143. The summed E-state index contributed by atoms with van der Waals surface area (Å²) in [6.45, 7) is 2.50. The van der Waals surface area contributed by atoms with Crippen LogP contribution in [0.1, 0.15) is 12.5 Å². The first kappa shape index (κ1) is 17.9. The first-order valence-electron chi connectivity index (χ1n) is 7.35. The number of hydrogen-bond acceptors (Lipinski definition) is 5. The van der Waals surface area contributed by atoms with Crippen molar-refractivity contribution in [1.82, 2.24) is 4.90 Å². The second-order valence-corrected chi connectivity index (χ2v) is 5.18. The van der Waals surface area contributed by atoms with Crippen molar-refractivity contribution in [2.45, 2.75) is 19.4 Å². The SMILES string of the molecule is CCOC(=O)[C@H](C#N)C=NC[C@@H](Cc1ccccc1)N(C)C. The van der Waals surface area contributed by atoms with Gasteiger partial charge >= 0.3 is 5.97 Å². The maximum absolute atomic E-state index is 11.5. The van der Waals surface area contributed by atoms with Crippen LogP contribution in [0.25, 0.3) is 0 Å². The van der Waals surface area contributed by atoms with Gasteiger partial charge in [-0.15, -0.1) is 0 Å². The summed E-state index contributed by atoms with van der Waals surface area (Å²) >= 11 is 0. The van der Waals surface area contributed by atoms with Gasteiger partial charge in [-0.3, -0.25) is 9.79 Å². The molecular weight excluding hydrogens is 278 g/mol. The predicted octanol–water partition coefficient (Wildman–Crippen LogP) is 1.93. The number of nitrogens with zero attached hydrogens (tertiary/aromatic N) is 3. The van der Waals surface area contributed by atoms with Crippen LogP contribution in [0, 0.1) is 17.2 Å². The average molecular weight is 301 g/mol. The third-order valence-corrected chi connectivity index (χ3v) is 3.29. The van der Waals surface area contributed by atoms with E-state index in [-0.39, 0.29) is 12.6 Å². The van der Waals surface area contributed by atoms with Gasteiger partial charge in [-0.05, 0) is 33.0 Å². The maximum atomic E-state index is 11.5. The van der Waals surface area contributed by atoms with Gasteiger partial charge in [0, 0.05) is 12.3 Å². The Kier molecular flexibility index (Phi) is 7.87. The van der Waals surface area contributed by atoms with Crippen LogP contribution in [-0.4, -0.2) is 50.4 Å². The summed E-state index contributed by atoms with van der Waals surface area (Å²) in [6, 6.07) is 12.3. The van der Waals surface area contributed by atoms with Gasteiger partial charge in [0.25, 0.3) is 0 Å². The Hall–Kier alpha value is -2.19. The zero-order valence-electron chi connectivity index (χ0n) is 13.4. The van der Waals surface area contributed by atoms with Crippen LogP contribution in [0.4, 0.5) is 0 Å². The molecule has 1 aromatic rings. The molecule has 0 aliphatic heterocycles. The van der Waals surface area contributed by atoms with Gasteiger partial charge in [0.15, 0.2) is 5.92 Å². The molecule has 0 bridgehead atoms. The van der Waals surface area contributed by atoms with E-state index in [1.807, 2.05) is 38.4 Å². The highest BCUT2D eigenvalue weighted by Gasteiger charge is 2.17. The molecule has 5 heteroatoms. The summed E-state index contributed by atoms with van der Waals surface area (Å²) in [5.74, 6) is -1.47. The number of likely N-dealkylation sites (N-methyl/N-ethyl adjacent to an activating group) is 1. The van der Waals surface area contributed by atoms with Gasteiger partial charge < -0.3 is 9.64 Å². The Morgan fingerprint density at radius 1 is 1.41 bits per heavy atom. The number of benzene rings is 1. The number of ether oxygens (including phenoxy) is 1. The highest BCUT2D eigenvalue weighted by atomic mass is 16.5. The first-order valence-corrected chi connectivity index (χ1v) is 7.35. The largest absolute Gasteiger partial charge is 0.465 e. The summed E-state index contributed by atoms with van der Waals surface area (Å²) in [5, 5.41) is 8.98. The van der Waals surface area contributed by atoms with Crippen LogP contribution in [0.15, 0.2) is 35.3 Å². The molecule has 0 spiro atoms. The number of rotatable bonds is 8. The lowest BCUT2D eigenvalue weighted by Crippen LogP contribution is -2.33. The number of hydrogen-bond donors (Lipinski definition) is 0. The zero-order valence-corrected chi connectivity index (χ0v) is 13.4. The molecule has 118 valence electrons. The van der Waals surface area contributed by atoms with Crippen molar-refractivity contribution < 1.29 is 9.53 Å². The smallest absolute Gasteiger partial charge is 0.328 e. The second-order valence-electron chi connectivity index (χ2n) is 5.18. The molecule has 5 nitrogen and oxygen atoms in total. The molecule has 22 heavy (non-hydrogen) atoms. The van der Waals surface area contributed by atoms with Crippen LogP contribution in [0.5, 0.6) is 0 Å². The molecule has 0 aromatic heterocycles. The van der Waals surface area contributed by atoms with E-state index in [0.29, 0.717) is 6.54 Å². The Morgan fingerprint density at radius 2 is 2.09 bits per heavy atom. The van der Waals surface area contributed by atoms with Crippen LogP contribution in [0.2, 0.25) is 0 Å². The fourth-order valence-electron chi connectivity index (χ4n) is 1.96. The van der Waals surface area contributed by atoms with E-state index in [1.165, 1.54) is 11.8 Å². The van der Waals surface area contributed by atoms with Crippen molar-refractivity contribution >= 4 is 12.2 Å². The molecule has 1 rings (SSSR count). The summed E-state index contributed by atoms with van der Waals surface area (Å²) in [5.41, 5.74) is 1.23. The summed E-state index contributed by atoms with van der Waals surface area (Å²) in [6.07, 6.45) is 2.25. The predicted molar refractivity (Wildman–Crippen MR) is 86.7 cm³/mol. The van der Waals surface area contributed by atoms with Crippen LogP contribution in [-0.2, 0) is 16.0 Å². The standard InChI is InChI=1S/C17H23N3O2/c1-4-22-17(21)15(11-18)12-19-13-16(20(2)3)10-14-8-6-5-7-9-14/h5-9,12,15-16H,4,10,13H2,1-3H3/t15-,16-/m1/s1. The number of carbonyl (C=O) groups excluding carboxylic acids is 1. The molecule has 0 fully saturated rings. The molecule has 1 aromatic carbocycles. The lowest BCUT2D eigenvalue weighted by atomic mass is 10.1. The molecule has 0 amide bonds. The minimum atomic E-state index is -0.931. The normalized spacial score (nSPS) is 13.8. The Balaban J connectivity index is 2.62. The molecule has 0 radical (unpaired) electrons. The van der Waals surface area contributed by atoms with E-state index in [2.05, 4.69) is 22.0 Å². The zero-order chi connectivity index (χ0) is 16.4. The van der Waals surface area contributed by atoms with Gasteiger partial charge in [-0.25, -0.2) is 0 Å². The van der Waals surface area contributed by atoms with Gasteiger partial charge in [0.2, 0.25) is 0 Å². The van der Waals surface area contributed by atoms with Crippen molar-refractivity contribution in [2.24, 2.45) is 10.9 Å². The molecule has 0 unspecified atom stereocenters. The maximum Gasteiger partial charge on any atom is 0.328 e. The number of esters is 1. The number of nitriles is 1. The molecule has 0 aliphatic carbocycles. The lowest BCUT2D eigenvalue weighted by Gasteiger charge is -2.22. The van der Waals surface area contributed by atoms with E-state index in [9.17, 15) is 4.79 Å². The van der Waals surface area contributed by atoms with Crippen molar-refractivity contribution in [1.29, 1.82) is 5.26 Å². The van der Waals surface area contributed by atoms with Crippen molar-refractivity contribution in [3.05, 3.63) is 35.9 Å². The molecule has 2 atom stereocenters. The molecule has 0 aliphatic rings. The van der Waals surface area contributed by atoms with Gasteiger partial charge in [0.05, 0.1) is 19.2 Å². The summed E-state index contributed by atoms with van der Waals surface area (Å²) in [4.78, 5) is 17.9. The van der Waals surface area contributed by atoms with Crippen molar-refractivity contribution in [3.63, 3.8) is 0 Å². The van der Waals surface area contributed by atoms with Crippen LogP contribution < -0.4 is 0 Å². The summed E-state index contributed by atoms with van der Waals surface area (Å²) in [7, 11) is 3.99. The van der Waals surface area contributed by atoms with Gasteiger partial charge in [-0.1, -0.05) is 30.3 Å². The Labute approximate surface area is 132 Å². The van der Waals surface area contributed by atoms with E-state index >= 15 is 0 Å². The Bertz CT molecular complexity index is 520. The summed E-state index contributed by atoms with van der Waals surface area (Å²) < 4.78 is 4.83. The average Bonchev–Trinajstić information content (AvgIpc) is 2.51. The molecule has 0 saturated carbocycles. The molecule has 0 saturated heterocycles. The van der Waals surface area contributed by atoms with E-state index in [4.69, 9.17) is 10.00 Å². The molecule has 0 heterocycles. The third-order valence-electron chi connectivity index (χ3n) is 3.29. The first-order chi connectivity index (χ1) is 10.6. The van der Waals surface area contributed by atoms with Crippen molar-refractivity contribution in [2.75, 3.05) is 27.2 Å². The monoisotopic (exact) mass is 301 g/mol. The minimum Gasteiger partial charge on any atom is -0.465 e. The number of carbonyl (C=O) groups is 1. The number of aliphatic imine (C=N–C) groups is 1. The van der Waals surface area contributed by atoms with Crippen LogP contribution in [0.3, 0.4) is 0 Å². The third kappa shape index (κ3) is 6.06. The minimum absolute atomic E-state index is 0.209. The fourth-order valence-corrected chi connectivity index (χ4v) is 1.96. The van der Waals surface area contributed by atoms with Crippen molar-refractivity contribution in [3.8, 4) is 6.07 Å². The Morgan fingerprint density at radius 3 is 2.64 bits per heavy atom.